The predicted molar refractivity (Wildman–Crippen MR) is 86.3 cm³/mol. The molecule has 3 heterocycles. The van der Waals surface area contributed by atoms with E-state index >= 15 is 0 Å². The number of fused-ring (bicyclic) bond motifs is 1. The Balaban J connectivity index is 1.30. The molecule has 6 heteroatoms. The lowest BCUT2D eigenvalue weighted by molar-refractivity contribution is 0.312. The van der Waals surface area contributed by atoms with Crippen molar-refractivity contribution in [2.75, 3.05) is 19.6 Å². The van der Waals surface area contributed by atoms with E-state index in [4.69, 9.17) is 4.42 Å². The van der Waals surface area contributed by atoms with Gasteiger partial charge in [-0.3, -0.25) is 0 Å². The molecule has 0 amide bonds. The summed E-state index contributed by atoms with van der Waals surface area (Å²) in [6.45, 7) is 5.27. The monoisotopic (exact) mass is 315 g/mol. The van der Waals surface area contributed by atoms with Crippen molar-refractivity contribution in [2.45, 2.75) is 57.9 Å². The van der Waals surface area contributed by atoms with Crippen LogP contribution in [-0.4, -0.2) is 44.3 Å². The molecule has 6 nitrogen and oxygen atoms in total. The number of hydrogen-bond donors (Lipinski definition) is 0. The van der Waals surface area contributed by atoms with E-state index in [0.29, 0.717) is 11.9 Å². The maximum atomic E-state index is 5.44. The van der Waals surface area contributed by atoms with E-state index in [-0.39, 0.29) is 0 Å². The highest BCUT2D eigenvalue weighted by molar-refractivity contribution is 5.17. The Morgan fingerprint density at radius 1 is 1.26 bits per heavy atom. The zero-order valence-electron chi connectivity index (χ0n) is 13.9. The lowest BCUT2D eigenvalue weighted by Crippen LogP contribution is -2.23. The summed E-state index contributed by atoms with van der Waals surface area (Å²) in [7, 11) is 0. The Hall–Kier alpha value is -1.69. The van der Waals surface area contributed by atoms with Crippen LogP contribution in [0.5, 0.6) is 0 Å². The number of likely N-dealkylation sites (tertiary alicyclic amines) is 1. The molecule has 4 rings (SSSR count). The van der Waals surface area contributed by atoms with E-state index in [1.165, 1.54) is 50.0 Å². The molecule has 0 unspecified atom stereocenters. The molecule has 124 valence electrons. The Morgan fingerprint density at radius 2 is 2.17 bits per heavy atom. The minimum atomic E-state index is 0.606. The first-order chi connectivity index (χ1) is 11.3. The summed E-state index contributed by atoms with van der Waals surface area (Å²) >= 11 is 0. The molecule has 1 fully saturated rings. The minimum absolute atomic E-state index is 0.606. The molecule has 0 saturated carbocycles. The molecular weight excluding hydrogens is 290 g/mol. The summed E-state index contributed by atoms with van der Waals surface area (Å²) in [6, 6.07) is 0.606. The van der Waals surface area contributed by atoms with Gasteiger partial charge >= 0.3 is 0 Å². The third kappa shape index (κ3) is 3.17. The van der Waals surface area contributed by atoms with Crippen LogP contribution in [0.15, 0.2) is 10.7 Å². The molecule has 0 N–H and O–H groups in total. The number of imidazole rings is 1. The molecule has 1 aliphatic heterocycles. The van der Waals surface area contributed by atoms with Crippen LogP contribution in [-0.2, 0) is 19.3 Å². The van der Waals surface area contributed by atoms with Gasteiger partial charge in [-0.15, -0.1) is 10.2 Å². The van der Waals surface area contributed by atoms with Gasteiger partial charge in [0.15, 0.2) is 0 Å². The minimum Gasteiger partial charge on any atom is -0.426 e. The third-order valence-corrected chi connectivity index (χ3v) is 5.13. The number of nitrogens with zero attached hydrogens (tertiary/aromatic N) is 5. The van der Waals surface area contributed by atoms with Crippen molar-refractivity contribution in [3.63, 3.8) is 0 Å². The Kier molecular flexibility index (Phi) is 4.16. The van der Waals surface area contributed by atoms with Gasteiger partial charge in [-0.25, -0.2) is 4.98 Å². The lowest BCUT2D eigenvalue weighted by atomic mass is 10.0. The molecule has 0 aromatic carbocycles. The Morgan fingerprint density at radius 3 is 3.04 bits per heavy atom. The summed E-state index contributed by atoms with van der Waals surface area (Å²) < 4.78 is 7.91. The van der Waals surface area contributed by atoms with Crippen molar-refractivity contribution in [1.82, 2.24) is 24.6 Å². The molecule has 1 saturated heterocycles. The highest BCUT2D eigenvalue weighted by Gasteiger charge is 2.27. The molecule has 1 atom stereocenters. The zero-order chi connectivity index (χ0) is 15.6. The van der Waals surface area contributed by atoms with E-state index in [1.807, 2.05) is 6.92 Å². The number of aryl methyl sites for hydroxylation is 3. The molecule has 1 aliphatic carbocycles. The van der Waals surface area contributed by atoms with Crippen LogP contribution in [0, 0.1) is 6.92 Å². The SMILES string of the molecule is Cc1nnc(CCCN2CC[C@H](n3cnc4c3CCCC4)C2)o1. The molecule has 0 spiro atoms. The summed E-state index contributed by atoms with van der Waals surface area (Å²) in [5.41, 5.74) is 2.85. The summed E-state index contributed by atoms with van der Waals surface area (Å²) in [4.78, 5) is 7.21. The predicted octanol–water partition coefficient (Wildman–Crippen LogP) is 2.33. The largest absolute Gasteiger partial charge is 0.426 e. The van der Waals surface area contributed by atoms with Gasteiger partial charge in [0.05, 0.1) is 12.0 Å². The van der Waals surface area contributed by atoms with Crippen LogP contribution in [0.3, 0.4) is 0 Å². The fourth-order valence-corrected chi connectivity index (χ4v) is 3.94. The second-order valence-corrected chi connectivity index (χ2v) is 6.81. The molecule has 2 aromatic heterocycles. The van der Waals surface area contributed by atoms with Gasteiger partial charge in [0.2, 0.25) is 11.8 Å². The summed E-state index contributed by atoms with van der Waals surface area (Å²) in [6.07, 6.45) is 10.3. The fourth-order valence-electron chi connectivity index (χ4n) is 3.94. The van der Waals surface area contributed by atoms with Gasteiger partial charge in [0.25, 0.3) is 0 Å². The molecule has 2 aliphatic rings. The smallest absolute Gasteiger partial charge is 0.216 e. The van der Waals surface area contributed by atoms with E-state index < -0.39 is 0 Å². The Labute approximate surface area is 136 Å². The average Bonchev–Trinajstić information content (AvgIpc) is 3.27. The quantitative estimate of drug-likeness (QED) is 0.847. The standard InChI is InChI=1S/C17H25N5O/c1-13-19-20-17(23-13)7-4-9-21-10-8-14(11-21)22-12-18-15-5-2-3-6-16(15)22/h12,14H,2-11H2,1H3/t14-/m0/s1. The van der Waals surface area contributed by atoms with Crippen molar-refractivity contribution in [1.29, 1.82) is 0 Å². The van der Waals surface area contributed by atoms with E-state index in [9.17, 15) is 0 Å². The molecule has 23 heavy (non-hydrogen) atoms. The van der Waals surface area contributed by atoms with Gasteiger partial charge in [0, 0.05) is 38.2 Å². The van der Waals surface area contributed by atoms with Crippen molar-refractivity contribution in [2.24, 2.45) is 0 Å². The van der Waals surface area contributed by atoms with Crippen molar-refractivity contribution < 1.29 is 4.42 Å². The normalized spacial score (nSPS) is 21.7. The molecular formula is C17H25N5O. The van der Waals surface area contributed by atoms with E-state index in [2.05, 4.69) is 31.0 Å². The second kappa shape index (κ2) is 6.43. The molecule has 0 bridgehead atoms. The van der Waals surface area contributed by atoms with Gasteiger partial charge in [-0.2, -0.15) is 0 Å². The fraction of sp³-hybridized carbons (Fsp3) is 0.706. The first kappa shape index (κ1) is 14.9. The summed E-state index contributed by atoms with van der Waals surface area (Å²) in [5.74, 6) is 1.42. The van der Waals surface area contributed by atoms with Crippen LogP contribution in [0.1, 0.15) is 54.9 Å². The molecule has 0 radical (unpaired) electrons. The average molecular weight is 315 g/mol. The van der Waals surface area contributed by atoms with Crippen molar-refractivity contribution in [3.8, 4) is 0 Å². The van der Waals surface area contributed by atoms with Gasteiger partial charge in [0.1, 0.15) is 0 Å². The number of aromatic nitrogens is 4. The zero-order valence-corrected chi connectivity index (χ0v) is 13.9. The highest BCUT2D eigenvalue weighted by atomic mass is 16.4. The number of hydrogen-bond acceptors (Lipinski definition) is 5. The van der Waals surface area contributed by atoms with Gasteiger partial charge in [-0.05, 0) is 45.1 Å². The first-order valence-corrected chi connectivity index (χ1v) is 8.85. The van der Waals surface area contributed by atoms with Crippen LogP contribution >= 0.6 is 0 Å². The summed E-state index contributed by atoms with van der Waals surface area (Å²) in [5, 5.41) is 7.95. The maximum Gasteiger partial charge on any atom is 0.216 e. The van der Waals surface area contributed by atoms with Crippen LogP contribution < -0.4 is 0 Å². The van der Waals surface area contributed by atoms with Crippen LogP contribution in [0.2, 0.25) is 0 Å². The van der Waals surface area contributed by atoms with Gasteiger partial charge < -0.3 is 13.9 Å². The second-order valence-electron chi connectivity index (χ2n) is 6.81. The maximum absolute atomic E-state index is 5.44. The molecule has 2 aromatic rings. The first-order valence-electron chi connectivity index (χ1n) is 8.85. The topological polar surface area (TPSA) is 60.0 Å². The third-order valence-electron chi connectivity index (χ3n) is 5.13. The lowest BCUT2D eigenvalue weighted by Gasteiger charge is -2.20. The van der Waals surface area contributed by atoms with Crippen molar-refractivity contribution >= 4 is 0 Å². The number of rotatable bonds is 5. The van der Waals surface area contributed by atoms with E-state index in [0.717, 1.165) is 31.8 Å². The van der Waals surface area contributed by atoms with Crippen molar-refractivity contribution in [3.05, 3.63) is 29.5 Å². The van der Waals surface area contributed by atoms with Crippen LogP contribution in [0.25, 0.3) is 0 Å². The Bertz CT molecular complexity index is 662. The van der Waals surface area contributed by atoms with Crippen LogP contribution in [0.4, 0.5) is 0 Å². The highest BCUT2D eigenvalue weighted by Crippen LogP contribution is 2.28. The van der Waals surface area contributed by atoms with E-state index in [1.54, 1.807) is 0 Å². The van der Waals surface area contributed by atoms with Gasteiger partial charge in [-0.1, -0.05) is 0 Å².